The molecule has 1 unspecified atom stereocenters. The van der Waals surface area contributed by atoms with E-state index in [-0.39, 0.29) is 5.41 Å². The summed E-state index contributed by atoms with van der Waals surface area (Å²) in [6, 6.07) is 0. The van der Waals surface area contributed by atoms with Crippen molar-refractivity contribution in [3.8, 4) is 0 Å². The van der Waals surface area contributed by atoms with E-state index < -0.39 is 0 Å². The summed E-state index contributed by atoms with van der Waals surface area (Å²) >= 11 is 0. The van der Waals surface area contributed by atoms with Gasteiger partial charge in [-0.05, 0) is 37.1 Å². The smallest absolute Gasteiger partial charge is 0.223 e. The lowest BCUT2D eigenvalue weighted by atomic mass is 9.90. The average Bonchev–Trinajstić information content (AvgIpc) is 2.16. The van der Waals surface area contributed by atoms with Gasteiger partial charge in [0, 0.05) is 19.5 Å². The van der Waals surface area contributed by atoms with Crippen molar-refractivity contribution in [1.29, 1.82) is 0 Å². The van der Waals surface area contributed by atoms with E-state index in [2.05, 4.69) is 20.8 Å². The fraction of sp³-hybridized carbons (Fsp3) is 0.923. The lowest BCUT2D eigenvalue weighted by Gasteiger charge is -2.34. The molecule has 1 atom stereocenters. The maximum Gasteiger partial charge on any atom is 0.223 e. The van der Waals surface area contributed by atoms with E-state index in [4.69, 9.17) is 5.73 Å². The number of carbonyl (C=O) groups excluding carboxylic acids is 1. The number of rotatable bonds is 3. The number of piperidine rings is 1. The molecule has 0 aromatic carbocycles. The van der Waals surface area contributed by atoms with Gasteiger partial charge in [0.15, 0.2) is 0 Å². The van der Waals surface area contributed by atoms with Crippen LogP contribution < -0.4 is 5.73 Å². The van der Waals surface area contributed by atoms with Crippen molar-refractivity contribution in [2.75, 3.05) is 19.6 Å². The lowest BCUT2D eigenvalue weighted by Crippen LogP contribution is -2.41. The first-order valence-corrected chi connectivity index (χ1v) is 6.40. The molecule has 3 heteroatoms. The Morgan fingerprint density at radius 1 is 1.44 bits per heavy atom. The molecule has 0 aliphatic carbocycles. The third-order valence-electron chi connectivity index (χ3n) is 3.13. The van der Waals surface area contributed by atoms with Crippen LogP contribution in [-0.2, 0) is 4.79 Å². The molecule has 1 aliphatic rings. The molecule has 2 N–H and O–H groups in total. The van der Waals surface area contributed by atoms with Gasteiger partial charge >= 0.3 is 0 Å². The zero-order chi connectivity index (χ0) is 12.2. The Labute approximate surface area is 99.4 Å². The van der Waals surface area contributed by atoms with Gasteiger partial charge in [-0.3, -0.25) is 4.79 Å². The molecular weight excluding hydrogens is 200 g/mol. The highest BCUT2D eigenvalue weighted by Crippen LogP contribution is 2.24. The van der Waals surface area contributed by atoms with Crippen molar-refractivity contribution in [1.82, 2.24) is 4.90 Å². The summed E-state index contributed by atoms with van der Waals surface area (Å²) in [5.74, 6) is 0.942. The Balaban J connectivity index is 2.44. The number of hydrogen-bond acceptors (Lipinski definition) is 2. The largest absolute Gasteiger partial charge is 0.342 e. The third-order valence-corrected chi connectivity index (χ3v) is 3.13. The van der Waals surface area contributed by atoms with Gasteiger partial charge in [0.25, 0.3) is 0 Å². The first kappa shape index (κ1) is 13.5. The minimum atomic E-state index is 0.0951. The number of nitrogens with two attached hydrogens (primary N) is 1. The molecule has 1 saturated heterocycles. The molecule has 3 nitrogen and oxygen atoms in total. The van der Waals surface area contributed by atoms with Crippen molar-refractivity contribution < 1.29 is 4.79 Å². The Morgan fingerprint density at radius 3 is 2.69 bits per heavy atom. The van der Waals surface area contributed by atoms with E-state index in [0.29, 0.717) is 18.2 Å². The summed E-state index contributed by atoms with van der Waals surface area (Å²) in [4.78, 5) is 14.1. The quantitative estimate of drug-likeness (QED) is 0.800. The average molecular weight is 226 g/mol. The molecule has 0 aromatic heterocycles. The van der Waals surface area contributed by atoms with Crippen LogP contribution in [0.4, 0.5) is 0 Å². The Kier molecular flexibility index (Phi) is 4.78. The molecule has 94 valence electrons. The summed E-state index contributed by atoms with van der Waals surface area (Å²) in [5.41, 5.74) is 5.67. The van der Waals surface area contributed by atoms with Crippen LogP contribution >= 0.6 is 0 Å². The van der Waals surface area contributed by atoms with Gasteiger partial charge < -0.3 is 10.6 Å². The van der Waals surface area contributed by atoms with Crippen LogP contribution in [0.5, 0.6) is 0 Å². The molecule has 0 aromatic rings. The number of nitrogens with zero attached hydrogens (tertiary/aromatic N) is 1. The molecule has 0 bridgehead atoms. The highest BCUT2D eigenvalue weighted by molar-refractivity contribution is 5.76. The summed E-state index contributed by atoms with van der Waals surface area (Å²) in [6.07, 6.45) is 4.08. The van der Waals surface area contributed by atoms with E-state index in [9.17, 15) is 4.79 Å². The van der Waals surface area contributed by atoms with Crippen LogP contribution in [0.3, 0.4) is 0 Å². The topological polar surface area (TPSA) is 46.3 Å². The van der Waals surface area contributed by atoms with Gasteiger partial charge in [-0.15, -0.1) is 0 Å². The number of amides is 1. The van der Waals surface area contributed by atoms with Gasteiger partial charge in [0.05, 0.1) is 0 Å². The van der Waals surface area contributed by atoms with Crippen LogP contribution in [0.25, 0.3) is 0 Å². The first-order chi connectivity index (χ1) is 7.42. The number of likely N-dealkylation sites (tertiary alicyclic amines) is 1. The van der Waals surface area contributed by atoms with E-state index in [1.165, 1.54) is 6.42 Å². The monoisotopic (exact) mass is 226 g/mol. The Bertz CT molecular complexity index is 231. The van der Waals surface area contributed by atoms with Crippen LogP contribution in [-0.4, -0.2) is 30.4 Å². The molecule has 0 saturated carbocycles. The number of hydrogen-bond donors (Lipinski definition) is 1. The van der Waals surface area contributed by atoms with Gasteiger partial charge in [0.1, 0.15) is 0 Å². The van der Waals surface area contributed by atoms with Gasteiger partial charge in [0.2, 0.25) is 5.91 Å². The summed E-state index contributed by atoms with van der Waals surface area (Å²) < 4.78 is 0. The Morgan fingerprint density at radius 2 is 2.12 bits per heavy atom. The SMILES string of the molecule is CC(C)(C)CC(=O)N1CCCC(CCN)C1. The summed E-state index contributed by atoms with van der Waals surface area (Å²) in [7, 11) is 0. The van der Waals surface area contributed by atoms with Crippen molar-refractivity contribution in [2.24, 2.45) is 17.1 Å². The normalized spacial score (nSPS) is 22.2. The maximum atomic E-state index is 12.1. The van der Waals surface area contributed by atoms with Crippen LogP contribution in [0.15, 0.2) is 0 Å². The van der Waals surface area contributed by atoms with Crippen LogP contribution in [0, 0.1) is 11.3 Å². The number of carbonyl (C=O) groups is 1. The highest BCUT2D eigenvalue weighted by Gasteiger charge is 2.25. The predicted molar refractivity (Wildman–Crippen MR) is 67.0 cm³/mol. The molecule has 1 amide bonds. The second-order valence-corrected chi connectivity index (χ2v) is 6.16. The molecule has 0 spiro atoms. The van der Waals surface area contributed by atoms with E-state index in [1.54, 1.807) is 0 Å². The van der Waals surface area contributed by atoms with Crippen molar-refractivity contribution in [2.45, 2.75) is 46.5 Å². The summed E-state index contributed by atoms with van der Waals surface area (Å²) in [5, 5.41) is 0. The highest BCUT2D eigenvalue weighted by atomic mass is 16.2. The Hall–Kier alpha value is -0.570. The third kappa shape index (κ3) is 4.52. The van der Waals surface area contributed by atoms with E-state index in [1.807, 2.05) is 4.90 Å². The minimum absolute atomic E-state index is 0.0951. The molecule has 1 fully saturated rings. The first-order valence-electron chi connectivity index (χ1n) is 6.40. The maximum absolute atomic E-state index is 12.1. The second kappa shape index (κ2) is 5.67. The van der Waals surface area contributed by atoms with Gasteiger partial charge in [-0.1, -0.05) is 20.8 Å². The van der Waals surface area contributed by atoms with Crippen LogP contribution in [0.1, 0.15) is 46.5 Å². The molecule has 1 heterocycles. The molecule has 0 radical (unpaired) electrons. The van der Waals surface area contributed by atoms with E-state index >= 15 is 0 Å². The fourth-order valence-corrected chi connectivity index (χ4v) is 2.33. The molecule has 1 aliphatic heterocycles. The molecular formula is C13H26N2O. The zero-order valence-corrected chi connectivity index (χ0v) is 11.0. The minimum Gasteiger partial charge on any atom is -0.342 e. The summed E-state index contributed by atoms with van der Waals surface area (Å²) in [6.45, 7) is 8.96. The van der Waals surface area contributed by atoms with Crippen LogP contribution in [0.2, 0.25) is 0 Å². The van der Waals surface area contributed by atoms with Crippen molar-refractivity contribution in [3.63, 3.8) is 0 Å². The van der Waals surface area contributed by atoms with Gasteiger partial charge in [-0.25, -0.2) is 0 Å². The second-order valence-electron chi connectivity index (χ2n) is 6.16. The van der Waals surface area contributed by atoms with E-state index in [0.717, 1.165) is 32.5 Å². The lowest BCUT2D eigenvalue weighted by molar-refractivity contribution is -0.134. The fourth-order valence-electron chi connectivity index (χ4n) is 2.33. The van der Waals surface area contributed by atoms with Crippen molar-refractivity contribution >= 4 is 5.91 Å². The predicted octanol–water partition coefficient (Wildman–Crippen LogP) is 2.01. The standard InChI is InChI=1S/C13H26N2O/c1-13(2,3)9-12(16)15-8-4-5-11(10-15)6-7-14/h11H,4-10,14H2,1-3H3. The van der Waals surface area contributed by atoms with Crippen molar-refractivity contribution in [3.05, 3.63) is 0 Å². The zero-order valence-electron chi connectivity index (χ0n) is 11.0. The van der Waals surface area contributed by atoms with Gasteiger partial charge in [-0.2, -0.15) is 0 Å². The molecule has 16 heavy (non-hydrogen) atoms. The molecule has 1 rings (SSSR count).